The molecule has 0 radical (unpaired) electrons. The lowest BCUT2D eigenvalue weighted by Gasteiger charge is -2.19. The topological polar surface area (TPSA) is 83.6 Å². The Morgan fingerprint density at radius 1 is 1.08 bits per heavy atom. The predicted octanol–water partition coefficient (Wildman–Crippen LogP) is 2.62. The molecule has 0 unspecified atom stereocenters. The molecule has 0 saturated carbocycles. The Labute approximate surface area is 155 Å². The van der Waals surface area contributed by atoms with Crippen LogP contribution in [0.1, 0.15) is 52.2 Å². The first-order valence-corrected chi connectivity index (χ1v) is 10.6. The first kappa shape index (κ1) is 20.4. The van der Waals surface area contributed by atoms with Crippen molar-refractivity contribution < 1.29 is 18.0 Å². The molecule has 6 nitrogen and oxygen atoms in total. The highest BCUT2D eigenvalue weighted by Crippen LogP contribution is 2.23. The zero-order valence-electron chi connectivity index (χ0n) is 16.1. The number of hydrogen-bond acceptors (Lipinski definition) is 4. The number of urea groups is 1. The molecule has 1 aliphatic rings. The molecule has 0 aliphatic carbocycles. The molecule has 0 bridgehead atoms. The fourth-order valence-corrected chi connectivity index (χ4v) is 4.30. The zero-order valence-corrected chi connectivity index (χ0v) is 16.9. The molecule has 1 saturated heterocycles. The van der Waals surface area contributed by atoms with Crippen LogP contribution in [0.4, 0.5) is 4.79 Å². The maximum atomic E-state index is 12.3. The predicted molar refractivity (Wildman–Crippen MR) is 102 cm³/mol. The van der Waals surface area contributed by atoms with Gasteiger partial charge in [0.05, 0.1) is 11.5 Å². The molecule has 2 rings (SSSR count). The number of rotatable bonds is 6. The van der Waals surface area contributed by atoms with E-state index in [0.29, 0.717) is 0 Å². The third-order valence-electron chi connectivity index (χ3n) is 4.49. The number of hydrogen-bond donors (Lipinski definition) is 1. The van der Waals surface area contributed by atoms with Crippen LogP contribution < -0.4 is 5.32 Å². The molecule has 1 N–H and O–H groups in total. The van der Waals surface area contributed by atoms with E-state index in [1.807, 2.05) is 24.3 Å². The number of nitrogens with zero attached hydrogens (tertiary/aromatic N) is 1. The fourth-order valence-electron chi connectivity index (χ4n) is 2.89. The SMILES string of the molecule is CC1(C)NC(=O)N(CCCS(=O)(=O)Cc2ccc(C(C)(C)C)cc2)C1=O. The second-order valence-electron chi connectivity index (χ2n) is 8.40. The minimum Gasteiger partial charge on any atom is -0.324 e. The highest BCUT2D eigenvalue weighted by Gasteiger charge is 2.43. The first-order valence-electron chi connectivity index (χ1n) is 8.76. The first-order chi connectivity index (χ1) is 11.8. The standard InChI is InChI=1S/C19H28N2O4S/c1-18(2,3)15-9-7-14(8-10-15)13-26(24,25)12-6-11-21-16(22)19(4,5)20-17(21)23/h7-10H,6,11-13H2,1-5H3,(H,20,23). The van der Waals surface area contributed by atoms with Gasteiger partial charge in [0.25, 0.3) is 5.91 Å². The molecule has 144 valence electrons. The van der Waals surface area contributed by atoms with Gasteiger partial charge in [0.2, 0.25) is 0 Å². The van der Waals surface area contributed by atoms with Gasteiger partial charge in [-0.3, -0.25) is 9.69 Å². The number of benzene rings is 1. The van der Waals surface area contributed by atoms with Crippen LogP contribution in [0, 0.1) is 0 Å². The summed E-state index contributed by atoms with van der Waals surface area (Å²) in [4.78, 5) is 25.0. The molecule has 1 fully saturated rings. The Morgan fingerprint density at radius 3 is 2.12 bits per heavy atom. The Kier molecular flexibility index (Phi) is 5.52. The molecule has 1 aromatic rings. The van der Waals surface area contributed by atoms with Crippen LogP contribution in [0.3, 0.4) is 0 Å². The van der Waals surface area contributed by atoms with Gasteiger partial charge in [0.1, 0.15) is 5.54 Å². The van der Waals surface area contributed by atoms with Gasteiger partial charge in [0, 0.05) is 6.54 Å². The lowest BCUT2D eigenvalue weighted by atomic mass is 9.87. The van der Waals surface area contributed by atoms with Crippen molar-refractivity contribution in [2.45, 2.75) is 57.7 Å². The Balaban J connectivity index is 1.91. The molecule has 0 atom stereocenters. The van der Waals surface area contributed by atoms with E-state index in [1.54, 1.807) is 13.8 Å². The lowest BCUT2D eigenvalue weighted by Crippen LogP contribution is -2.40. The summed E-state index contributed by atoms with van der Waals surface area (Å²) in [6.07, 6.45) is 0.234. The van der Waals surface area contributed by atoms with E-state index in [1.165, 1.54) is 0 Å². The smallest absolute Gasteiger partial charge is 0.324 e. The van der Waals surface area contributed by atoms with Crippen LogP contribution in [-0.4, -0.2) is 43.1 Å². The normalized spacial score (nSPS) is 17.5. The Bertz CT molecular complexity index is 790. The average molecular weight is 381 g/mol. The third kappa shape index (κ3) is 4.84. The largest absolute Gasteiger partial charge is 0.325 e. The molecule has 1 aromatic carbocycles. The van der Waals surface area contributed by atoms with Crippen molar-refractivity contribution in [3.05, 3.63) is 35.4 Å². The van der Waals surface area contributed by atoms with Crippen LogP contribution in [0.25, 0.3) is 0 Å². The molecule has 3 amide bonds. The van der Waals surface area contributed by atoms with Crippen LogP contribution in [0.15, 0.2) is 24.3 Å². The summed E-state index contributed by atoms with van der Waals surface area (Å²) < 4.78 is 24.7. The second-order valence-corrected chi connectivity index (χ2v) is 10.6. The highest BCUT2D eigenvalue weighted by molar-refractivity contribution is 7.90. The maximum absolute atomic E-state index is 12.3. The van der Waals surface area contributed by atoms with Gasteiger partial charge in [-0.2, -0.15) is 0 Å². The Morgan fingerprint density at radius 2 is 1.65 bits per heavy atom. The molecule has 26 heavy (non-hydrogen) atoms. The van der Waals surface area contributed by atoms with Crippen molar-refractivity contribution in [1.29, 1.82) is 0 Å². The van der Waals surface area contributed by atoms with Crippen molar-refractivity contribution in [2.24, 2.45) is 0 Å². The fraction of sp³-hybridized carbons (Fsp3) is 0.579. The maximum Gasteiger partial charge on any atom is 0.325 e. The number of carbonyl (C=O) groups excluding carboxylic acids is 2. The van der Waals surface area contributed by atoms with Gasteiger partial charge in [0.15, 0.2) is 9.84 Å². The van der Waals surface area contributed by atoms with Crippen molar-refractivity contribution in [3.8, 4) is 0 Å². The van der Waals surface area contributed by atoms with Crippen LogP contribution in [-0.2, 0) is 25.8 Å². The number of nitrogens with one attached hydrogen (secondary N) is 1. The van der Waals surface area contributed by atoms with Gasteiger partial charge in [-0.25, -0.2) is 13.2 Å². The van der Waals surface area contributed by atoms with Gasteiger partial charge < -0.3 is 5.32 Å². The van der Waals surface area contributed by atoms with Gasteiger partial charge in [-0.15, -0.1) is 0 Å². The molecule has 0 spiro atoms. The monoisotopic (exact) mass is 380 g/mol. The lowest BCUT2D eigenvalue weighted by molar-refractivity contribution is -0.130. The molecule has 1 heterocycles. The van der Waals surface area contributed by atoms with Crippen molar-refractivity contribution in [2.75, 3.05) is 12.3 Å². The van der Waals surface area contributed by atoms with E-state index in [-0.39, 0.29) is 35.8 Å². The van der Waals surface area contributed by atoms with E-state index in [4.69, 9.17) is 0 Å². The van der Waals surface area contributed by atoms with Crippen molar-refractivity contribution >= 4 is 21.8 Å². The Hall–Kier alpha value is -1.89. The number of carbonyl (C=O) groups is 2. The van der Waals surface area contributed by atoms with Crippen molar-refractivity contribution in [3.63, 3.8) is 0 Å². The van der Waals surface area contributed by atoms with E-state index >= 15 is 0 Å². The molecular weight excluding hydrogens is 352 g/mol. The van der Waals surface area contributed by atoms with E-state index < -0.39 is 21.4 Å². The van der Waals surface area contributed by atoms with Crippen molar-refractivity contribution in [1.82, 2.24) is 10.2 Å². The number of imide groups is 1. The zero-order chi connectivity index (χ0) is 19.8. The summed E-state index contributed by atoms with van der Waals surface area (Å²) in [6, 6.07) is 7.14. The summed E-state index contributed by atoms with van der Waals surface area (Å²) in [5, 5.41) is 2.59. The molecule has 1 aliphatic heterocycles. The summed E-state index contributed by atoms with van der Waals surface area (Å²) in [5.41, 5.74) is 0.993. The minimum absolute atomic E-state index is 0.0218. The van der Waals surface area contributed by atoms with Gasteiger partial charge >= 0.3 is 6.03 Å². The van der Waals surface area contributed by atoms with Gasteiger partial charge in [-0.1, -0.05) is 45.0 Å². The summed E-state index contributed by atoms with van der Waals surface area (Å²) >= 11 is 0. The number of sulfone groups is 1. The molecular formula is C19H28N2O4S. The average Bonchev–Trinajstić information content (AvgIpc) is 2.68. The second kappa shape index (κ2) is 7.02. The third-order valence-corrected chi connectivity index (χ3v) is 6.17. The van der Waals surface area contributed by atoms with Gasteiger partial charge in [-0.05, 0) is 36.8 Å². The van der Waals surface area contributed by atoms with E-state index in [2.05, 4.69) is 26.1 Å². The van der Waals surface area contributed by atoms with E-state index in [0.717, 1.165) is 16.0 Å². The highest BCUT2D eigenvalue weighted by atomic mass is 32.2. The quantitative estimate of drug-likeness (QED) is 0.769. The van der Waals surface area contributed by atoms with Crippen LogP contribution >= 0.6 is 0 Å². The van der Waals surface area contributed by atoms with E-state index in [9.17, 15) is 18.0 Å². The summed E-state index contributed by atoms with van der Waals surface area (Å²) in [6.45, 7) is 9.69. The molecule has 7 heteroatoms. The summed E-state index contributed by atoms with van der Waals surface area (Å²) in [7, 11) is -3.31. The summed E-state index contributed by atoms with van der Waals surface area (Å²) in [5.74, 6) is -0.424. The van der Waals surface area contributed by atoms with Crippen LogP contribution in [0.5, 0.6) is 0 Å². The van der Waals surface area contributed by atoms with Crippen LogP contribution in [0.2, 0.25) is 0 Å². The minimum atomic E-state index is -3.31. The molecule has 0 aromatic heterocycles. The number of amides is 3.